The summed E-state index contributed by atoms with van der Waals surface area (Å²) < 4.78 is 0. The minimum atomic E-state index is 0.307. The number of benzene rings is 2. The Kier molecular flexibility index (Phi) is 4.37. The first-order chi connectivity index (χ1) is 10.3. The number of quaternary nitrogens is 2. The molecule has 1 heterocycles. The van der Waals surface area contributed by atoms with Crippen LogP contribution in [0.15, 0.2) is 60.7 Å². The first-order valence-corrected chi connectivity index (χ1v) is 8.05. The van der Waals surface area contributed by atoms with Crippen molar-refractivity contribution in [2.45, 2.75) is 24.8 Å². The molecule has 0 aromatic heterocycles. The van der Waals surface area contributed by atoms with Crippen LogP contribution in [-0.2, 0) is 12.0 Å². The van der Waals surface area contributed by atoms with Gasteiger partial charge < -0.3 is 10.6 Å². The van der Waals surface area contributed by atoms with E-state index in [1.54, 1.807) is 4.90 Å². The van der Waals surface area contributed by atoms with E-state index in [1.165, 1.54) is 37.1 Å². The van der Waals surface area contributed by atoms with E-state index in [9.17, 15) is 0 Å². The van der Waals surface area contributed by atoms with E-state index in [0.717, 1.165) is 13.1 Å². The van der Waals surface area contributed by atoms with Crippen molar-refractivity contribution in [2.24, 2.45) is 0 Å². The summed E-state index contributed by atoms with van der Waals surface area (Å²) in [5.41, 5.74) is 7.50. The van der Waals surface area contributed by atoms with Crippen LogP contribution in [0, 0.1) is 0 Å². The molecule has 0 unspecified atom stereocenters. The molecule has 2 heteroatoms. The summed E-state index contributed by atoms with van der Waals surface area (Å²) in [6.45, 7) is 4.66. The Labute approximate surface area is 127 Å². The van der Waals surface area contributed by atoms with Crippen LogP contribution in [0.2, 0.25) is 0 Å². The Morgan fingerprint density at radius 3 is 2.00 bits per heavy atom. The molecule has 2 aromatic rings. The average Bonchev–Trinajstić information content (AvgIpc) is 2.58. The third-order valence-electron chi connectivity index (χ3n) is 5.08. The first-order valence-electron chi connectivity index (χ1n) is 8.05. The largest absolute Gasteiger partial charge is 0.357 e. The Morgan fingerprint density at radius 1 is 0.857 bits per heavy atom. The van der Waals surface area contributed by atoms with E-state index in [1.807, 2.05) is 0 Å². The quantitative estimate of drug-likeness (QED) is 0.840. The molecular formula is C19H26N2+2. The van der Waals surface area contributed by atoms with Crippen molar-refractivity contribution in [3.63, 3.8) is 0 Å². The minimum Gasteiger partial charge on any atom is -0.357 e. The van der Waals surface area contributed by atoms with Crippen molar-refractivity contribution in [1.29, 1.82) is 0 Å². The van der Waals surface area contributed by atoms with Gasteiger partial charge in [-0.2, -0.15) is 0 Å². The molecule has 1 aliphatic heterocycles. The second-order valence-electron chi connectivity index (χ2n) is 6.31. The fraction of sp³-hybridized carbons (Fsp3) is 0.368. The van der Waals surface area contributed by atoms with Crippen LogP contribution in [0.4, 0.5) is 0 Å². The predicted molar refractivity (Wildman–Crippen MR) is 86.0 cm³/mol. The van der Waals surface area contributed by atoms with E-state index in [2.05, 4.69) is 66.4 Å². The summed E-state index contributed by atoms with van der Waals surface area (Å²) in [5.74, 6) is 0. The molecule has 1 aliphatic rings. The molecule has 0 spiro atoms. The molecule has 0 amide bonds. The molecular weight excluding hydrogens is 256 g/mol. The summed E-state index contributed by atoms with van der Waals surface area (Å²) in [7, 11) is 0. The van der Waals surface area contributed by atoms with Crippen LogP contribution in [0.5, 0.6) is 0 Å². The molecule has 1 fully saturated rings. The van der Waals surface area contributed by atoms with Gasteiger partial charge in [-0.1, -0.05) is 60.7 Å². The predicted octanol–water partition coefficient (Wildman–Crippen LogP) is 1.05. The zero-order valence-electron chi connectivity index (χ0n) is 12.7. The molecule has 2 nitrogen and oxygen atoms in total. The molecule has 3 rings (SSSR count). The summed E-state index contributed by atoms with van der Waals surface area (Å²) in [6.07, 6.45) is 2.51. The number of hydrogen-bond donors (Lipinski definition) is 2. The maximum atomic E-state index is 4.26. The van der Waals surface area contributed by atoms with E-state index < -0.39 is 0 Å². The topological polar surface area (TPSA) is 32.1 Å². The minimum absolute atomic E-state index is 0.307. The monoisotopic (exact) mass is 282 g/mol. The van der Waals surface area contributed by atoms with Crippen molar-refractivity contribution in [3.05, 3.63) is 71.8 Å². The van der Waals surface area contributed by atoms with Gasteiger partial charge in [-0.15, -0.1) is 0 Å². The maximum Gasteiger partial charge on any atom is 0.103 e. The zero-order valence-corrected chi connectivity index (χ0v) is 12.7. The van der Waals surface area contributed by atoms with Gasteiger partial charge in [0.25, 0.3) is 0 Å². The normalized spacial score (nSPS) is 25.7. The van der Waals surface area contributed by atoms with Gasteiger partial charge in [0.2, 0.25) is 0 Å². The fourth-order valence-corrected chi connectivity index (χ4v) is 3.62. The molecule has 4 N–H and O–H groups in total. The summed E-state index contributed by atoms with van der Waals surface area (Å²) in [5, 5.41) is 0. The summed E-state index contributed by atoms with van der Waals surface area (Å²) in [6, 6.07) is 21.9. The van der Waals surface area contributed by atoms with E-state index in [4.69, 9.17) is 0 Å². The van der Waals surface area contributed by atoms with Gasteiger partial charge in [0.15, 0.2) is 0 Å². The second-order valence-corrected chi connectivity index (χ2v) is 6.31. The highest BCUT2D eigenvalue weighted by Crippen LogP contribution is 2.30. The van der Waals surface area contributed by atoms with Crippen LogP contribution in [0.1, 0.15) is 24.0 Å². The lowest BCUT2D eigenvalue weighted by atomic mass is 9.73. The molecule has 110 valence electrons. The Hall–Kier alpha value is -1.64. The van der Waals surface area contributed by atoms with Crippen LogP contribution >= 0.6 is 0 Å². The highest BCUT2D eigenvalue weighted by Gasteiger charge is 2.38. The van der Waals surface area contributed by atoms with E-state index >= 15 is 0 Å². The van der Waals surface area contributed by atoms with Gasteiger partial charge in [-0.3, -0.25) is 0 Å². The first kappa shape index (κ1) is 14.3. The molecule has 0 atom stereocenters. The van der Waals surface area contributed by atoms with Gasteiger partial charge in [-0.25, -0.2) is 0 Å². The molecule has 1 saturated heterocycles. The smallest absolute Gasteiger partial charge is 0.103 e. The number of rotatable bonds is 4. The number of nitrogens with one attached hydrogen (secondary N) is 1. The summed E-state index contributed by atoms with van der Waals surface area (Å²) >= 11 is 0. The van der Waals surface area contributed by atoms with Gasteiger partial charge in [0.1, 0.15) is 6.54 Å². The molecule has 21 heavy (non-hydrogen) atoms. The van der Waals surface area contributed by atoms with Crippen LogP contribution in [-0.4, -0.2) is 19.6 Å². The van der Waals surface area contributed by atoms with Gasteiger partial charge in [0.05, 0.1) is 25.0 Å². The van der Waals surface area contributed by atoms with Gasteiger partial charge >= 0.3 is 0 Å². The molecule has 0 aliphatic carbocycles. The molecule has 0 bridgehead atoms. The number of hydrogen-bond acceptors (Lipinski definition) is 0. The van der Waals surface area contributed by atoms with Crippen molar-refractivity contribution in [1.82, 2.24) is 0 Å². The SMILES string of the molecule is [NH3+]CC1(c2ccccc2)CC[NH+](Cc2ccccc2)CC1. The van der Waals surface area contributed by atoms with Crippen molar-refractivity contribution in [2.75, 3.05) is 19.6 Å². The Balaban J connectivity index is 1.66. The zero-order chi connectivity index (χ0) is 14.5. The third kappa shape index (κ3) is 3.17. The summed E-state index contributed by atoms with van der Waals surface area (Å²) in [4.78, 5) is 1.71. The van der Waals surface area contributed by atoms with Gasteiger partial charge in [-0.05, 0) is 5.56 Å². The van der Waals surface area contributed by atoms with Gasteiger partial charge in [0, 0.05) is 18.4 Å². The van der Waals surface area contributed by atoms with Crippen LogP contribution < -0.4 is 10.6 Å². The molecule has 0 radical (unpaired) electrons. The fourth-order valence-electron chi connectivity index (χ4n) is 3.62. The maximum absolute atomic E-state index is 4.26. The number of piperidine rings is 1. The van der Waals surface area contributed by atoms with E-state index in [0.29, 0.717) is 5.41 Å². The molecule has 0 saturated carbocycles. The second kappa shape index (κ2) is 6.42. The average molecular weight is 282 g/mol. The molecule has 2 aromatic carbocycles. The standard InChI is InChI=1S/C19H24N2/c20-16-19(18-9-5-2-6-10-18)11-13-21(14-12-19)15-17-7-3-1-4-8-17/h1-10H,11-16,20H2/p+2. The van der Waals surface area contributed by atoms with Crippen molar-refractivity contribution >= 4 is 0 Å². The van der Waals surface area contributed by atoms with Crippen molar-refractivity contribution in [3.8, 4) is 0 Å². The van der Waals surface area contributed by atoms with Crippen LogP contribution in [0.25, 0.3) is 0 Å². The lowest BCUT2D eigenvalue weighted by Gasteiger charge is -2.38. The van der Waals surface area contributed by atoms with E-state index in [-0.39, 0.29) is 0 Å². The highest BCUT2D eigenvalue weighted by atomic mass is 15.1. The third-order valence-corrected chi connectivity index (χ3v) is 5.08. The number of likely N-dealkylation sites (tertiary alicyclic amines) is 1. The lowest BCUT2D eigenvalue weighted by Crippen LogP contribution is -3.12. The van der Waals surface area contributed by atoms with Crippen LogP contribution in [0.3, 0.4) is 0 Å². The Bertz CT molecular complexity index is 542. The van der Waals surface area contributed by atoms with Crippen molar-refractivity contribution < 1.29 is 10.6 Å². The Morgan fingerprint density at radius 2 is 1.43 bits per heavy atom. The highest BCUT2D eigenvalue weighted by molar-refractivity contribution is 5.25. The lowest BCUT2D eigenvalue weighted by molar-refractivity contribution is -0.920.